The van der Waals surface area contributed by atoms with Gasteiger partial charge >= 0.3 is 0 Å². The third-order valence-corrected chi connectivity index (χ3v) is 10.5. The van der Waals surface area contributed by atoms with Crippen molar-refractivity contribution in [1.29, 1.82) is 0 Å². The Morgan fingerprint density at radius 2 is 1.02 bits per heavy atom. The zero-order valence-electron chi connectivity index (χ0n) is 31.9. The molecule has 0 bridgehead atoms. The van der Waals surface area contributed by atoms with Crippen molar-refractivity contribution in [3.05, 3.63) is 215 Å². The second-order valence-electron chi connectivity index (χ2n) is 14.6. The fourth-order valence-corrected chi connectivity index (χ4v) is 7.46. The average molecular weight is 744 g/mol. The van der Waals surface area contributed by atoms with Gasteiger partial charge in [0, 0.05) is 18.3 Å². The molecular weight excluding hydrogens is 695 g/mol. The molecule has 0 unspecified atom stereocenters. The SMILES string of the molecule is Cc1ccc(Cn2ccc3ccc([C@@H]4O[C@H](COCc5ccccc5)[C@@H](OCc5ccccc5)[C@H](OCc5ccccc5)[C@H]4OCc4ccccc4)cc32)cc1. The van der Waals surface area contributed by atoms with Crippen LogP contribution in [0, 0.1) is 6.92 Å². The van der Waals surface area contributed by atoms with Crippen molar-refractivity contribution < 1.29 is 23.7 Å². The van der Waals surface area contributed by atoms with E-state index < -0.39 is 30.5 Å². The third-order valence-electron chi connectivity index (χ3n) is 10.5. The first kappa shape index (κ1) is 37.6. The van der Waals surface area contributed by atoms with Crippen molar-refractivity contribution in [2.45, 2.75) is 70.4 Å². The fraction of sp³-hybridized carbons (Fsp3) is 0.240. The summed E-state index contributed by atoms with van der Waals surface area (Å²) in [6.07, 6.45) is -0.280. The van der Waals surface area contributed by atoms with Crippen LogP contribution in [0.5, 0.6) is 0 Å². The molecule has 0 radical (unpaired) electrons. The van der Waals surface area contributed by atoms with E-state index in [-0.39, 0.29) is 0 Å². The molecule has 0 N–H and O–H groups in total. The van der Waals surface area contributed by atoms with Crippen molar-refractivity contribution in [2.75, 3.05) is 6.61 Å². The summed E-state index contributed by atoms with van der Waals surface area (Å²) >= 11 is 0. The molecular formula is C50H49NO5. The molecule has 1 aliphatic rings. The predicted molar refractivity (Wildman–Crippen MR) is 221 cm³/mol. The van der Waals surface area contributed by atoms with E-state index in [1.54, 1.807) is 0 Å². The van der Waals surface area contributed by atoms with E-state index in [4.69, 9.17) is 23.7 Å². The van der Waals surface area contributed by atoms with Crippen LogP contribution in [0.3, 0.4) is 0 Å². The minimum absolute atomic E-state index is 0.313. The molecule has 1 fully saturated rings. The van der Waals surface area contributed by atoms with Crippen LogP contribution in [0.4, 0.5) is 0 Å². The van der Waals surface area contributed by atoms with Gasteiger partial charge in [-0.25, -0.2) is 0 Å². The van der Waals surface area contributed by atoms with Crippen molar-refractivity contribution >= 4 is 10.9 Å². The Labute approximate surface area is 330 Å². The van der Waals surface area contributed by atoms with Crippen LogP contribution < -0.4 is 0 Å². The number of fused-ring (bicyclic) bond motifs is 1. The van der Waals surface area contributed by atoms with Gasteiger partial charge in [0.15, 0.2) is 0 Å². The maximum Gasteiger partial charge on any atom is 0.117 e. The Morgan fingerprint density at radius 1 is 0.500 bits per heavy atom. The molecule has 0 amide bonds. The van der Waals surface area contributed by atoms with Gasteiger partial charge < -0.3 is 28.3 Å². The maximum absolute atomic E-state index is 7.23. The summed E-state index contributed by atoms with van der Waals surface area (Å²) in [5.41, 5.74) is 8.97. The van der Waals surface area contributed by atoms with Gasteiger partial charge in [-0.3, -0.25) is 0 Å². The van der Waals surface area contributed by atoms with Crippen molar-refractivity contribution in [3.8, 4) is 0 Å². The number of benzene rings is 6. The van der Waals surface area contributed by atoms with Gasteiger partial charge in [0.05, 0.1) is 33.0 Å². The van der Waals surface area contributed by atoms with Gasteiger partial charge in [-0.1, -0.05) is 163 Å². The summed E-state index contributed by atoms with van der Waals surface area (Å²) in [7, 11) is 0. The van der Waals surface area contributed by atoms with Gasteiger partial charge in [0.1, 0.15) is 30.5 Å². The molecule has 6 heteroatoms. The first-order valence-electron chi connectivity index (χ1n) is 19.5. The van der Waals surface area contributed by atoms with Gasteiger partial charge in [0.25, 0.3) is 0 Å². The van der Waals surface area contributed by atoms with Crippen LogP contribution in [0.2, 0.25) is 0 Å². The molecule has 56 heavy (non-hydrogen) atoms. The highest BCUT2D eigenvalue weighted by molar-refractivity contribution is 5.81. The largest absolute Gasteiger partial charge is 0.374 e. The molecule has 0 saturated carbocycles. The average Bonchev–Trinajstić information content (AvgIpc) is 3.65. The standard InChI is InChI=1S/C50H49NO5/c1-37-22-24-38(25-23-37)31-51-29-28-43-26-27-44(30-45(43)51)47-49(54-34-41-18-10-4-11-19-41)50(55-35-42-20-12-5-13-21-42)48(53-33-40-16-8-3-9-17-40)46(56-47)36-52-32-39-14-6-2-7-15-39/h2-30,46-50H,31-36H2,1H3/t46-,47+,48-,49+,50+/m1/s1. The number of aryl methyl sites for hydroxylation is 1. The molecule has 6 aromatic carbocycles. The number of nitrogens with zero attached hydrogens (tertiary/aromatic N) is 1. The van der Waals surface area contributed by atoms with Crippen LogP contribution >= 0.6 is 0 Å². The Kier molecular flexibility index (Phi) is 12.4. The highest BCUT2D eigenvalue weighted by Gasteiger charge is 2.49. The first-order valence-corrected chi connectivity index (χ1v) is 19.5. The number of rotatable bonds is 16. The second kappa shape index (κ2) is 18.5. The highest BCUT2D eigenvalue weighted by Crippen LogP contribution is 2.39. The monoisotopic (exact) mass is 743 g/mol. The molecule has 2 heterocycles. The second-order valence-corrected chi connectivity index (χ2v) is 14.6. The quantitative estimate of drug-likeness (QED) is 0.0987. The lowest BCUT2D eigenvalue weighted by Gasteiger charge is -2.46. The lowest BCUT2D eigenvalue weighted by atomic mass is 9.90. The minimum atomic E-state index is -0.511. The Bertz CT molecular complexity index is 2220. The highest BCUT2D eigenvalue weighted by atomic mass is 16.6. The van der Waals surface area contributed by atoms with Crippen LogP contribution in [-0.4, -0.2) is 35.6 Å². The van der Waals surface area contributed by atoms with E-state index >= 15 is 0 Å². The van der Waals surface area contributed by atoms with Gasteiger partial charge in [0.2, 0.25) is 0 Å². The lowest BCUT2D eigenvalue weighted by molar-refractivity contribution is -0.275. The van der Waals surface area contributed by atoms with Crippen LogP contribution in [0.25, 0.3) is 10.9 Å². The van der Waals surface area contributed by atoms with E-state index in [0.717, 1.165) is 39.9 Å². The van der Waals surface area contributed by atoms with E-state index in [2.05, 4.69) is 115 Å². The first-order chi connectivity index (χ1) is 27.7. The van der Waals surface area contributed by atoms with Gasteiger partial charge in [-0.05, 0) is 57.8 Å². The van der Waals surface area contributed by atoms with Crippen LogP contribution in [0.15, 0.2) is 176 Å². The zero-order valence-corrected chi connectivity index (χ0v) is 31.9. The molecule has 284 valence electrons. The molecule has 0 spiro atoms. The van der Waals surface area contributed by atoms with Crippen LogP contribution in [-0.2, 0) is 56.7 Å². The molecule has 0 aliphatic carbocycles. The van der Waals surface area contributed by atoms with E-state index in [0.29, 0.717) is 33.0 Å². The molecule has 1 aliphatic heterocycles. The number of hydrogen-bond acceptors (Lipinski definition) is 5. The van der Waals surface area contributed by atoms with Crippen LogP contribution in [0.1, 0.15) is 45.0 Å². The number of hydrogen-bond donors (Lipinski definition) is 0. The van der Waals surface area contributed by atoms with E-state index in [1.165, 1.54) is 16.5 Å². The van der Waals surface area contributed by atoms with Crippen molar-refractivity contribution in [1.82, 2.24) is 4.57 Å². The summed E-state index contributed by atoms with van der Waals surface area (Å²) in [5, 5.41) is 1.17. The molecule has 5 atom stereocenters. The zero-order chi connectivity index (χ0) is 37.9. The molecule has 1 aromatic heterocycles. The fourth-order valence-electron chi connectivity index (χ4n) is 7.46. The summed E-state index contributed by atoms with van der Waals surface area (Å²) < 4.78 is 36.9. The normalized spacial score (nSPS) is 19.6. The molecule has 8 rings (SSSR count). The third kappa shape index (κ3) is 9.54. The van der Waals surface area contributed by atoms with Crippen molar-refractivity contribution in [3.63, 3.8) is 0 Å². The Morgan fingerprint density at radius 3 is 1.59 bits per heavy atom. The lowest BCUT2D eigenvalue weighted by Crippen LogP contribution is -2.58. The van der Waals surface area contributed by atoms with Gasteiger partial charge in [-0.2, -0.15) is 0 Å². The van der Waals surface area contributed by atoms with E-state index in [9.17, 15) is 0 Å². The molecule has 6 nitrogen and oxygen atoms in total. The number of ether oxygens (including phenoxy) is 5. The topological polar surface area (TPSA) is 51.1 Å². The molecule has 1 saturated heterocycles. The van der Waals surface area contributed by atoms with Gasteiger partial charge in [-0.15, -0.1) is 0 Å². The Balaban J connectivity index is 1.17. The smallest absolute Gasteiger partial charge is 0.117 e. The summed E-state index contributed by atoms with van der Waals surface area (Å²) in [5.74, 6) is 0. The summed E-state index contributed by atoms with van der Waals surface area (Å²) in [6, 6.07) is 58.6. The maximum atomic E-state index is 7.23. The number of aromatic nitrogens is 1. The summed E-state index contributed by atoms with van der Waals surface area (Å²) in [6.45, 7) is 4.83. The Hall–Kier alpha value is -5.34. The van der Waals surface area contributed by atoms with E-state index in [1.807, 2.05) is 72.8 Å². The predicted octanol–water partition coefficient (Wildman–Crippen LogP) is 10.4. The minimum Gasteiger partial charge on any atom is -0.374 e. The van der Waals surface area contributed by atoms with Crippen molar-refractivity contribution in [2.24, 2.45) is 0 Å². The summed E-state index contributed by atoms with van der Waals surface area (Å²) in [4.78, 5) is 0. The molecule has 7 aromatic rings.